The van der Waals surface area contributed by atoms with Crippen molar-refractivity contribution in [1.29, 1.82) is 0 Å². The molecular weight excluding hydrogens is 352 g/mol. The normalized spacial score (nSPS) is 14.5. The van der Waals surface area contributed by atoms with Crippen LogP contribution in [0.4, 0.5) is 0 Å². The van der Waals surface area contributed by atoms with Crippen LogP contribution in [0.1, 0.15) is 23.2 Å². The van der Waals surface area contributed by atoms with Crippen molar-refractivity contribution in [1.82, 2.24) is 9.88 Å². The predicted octanol–water partition coefficient (Wildman–Crippen LogP) is 4.56. The summed E-state index contributed by atoms with van der Waals surface area (Å²) in [6.45, 7) is 1.35. The van der Waals surface area contributed by atoms with E-state index in [0.717, 1.165) is 24.3 Å². The van der Waals surface area contributed by atoms with Gasteiger partial charge < -0.3 is 14.4 Å². The Labute approximate surface area is 164 Å². The molecule has 2 heterocycles. The minimum atomic E-state index is 0.0262. The Hall–Kier alpha value is -3.34. The van der Waals surface area contributed by atoms with Crippen molar-refractivity contribution in [2.75, 3.05) is 13.1 Å². The fourth-order valence-corrected chi connectivity index (χ4v) is 3.29. The van der Waals surface area contributed by atoms with E-state index in [1.54, 1.807) is 18.5 Å². The van der Waals surface area contributed by atoms with Gasteiger partial charge in [-0.1, -0.05) is 24.3 Å². The smallest absolute Gasteiger partial charge is 0.253 e. The Morgan fingerprint density at radius 1 is 0.893 bits per heavy atom. The summed E-state index contributed by atoms with van der Waals surface area (Å²) >= 11 is 0. The molecule has 0 radical (unpaired) electrons. The molecule has 1 fully saturated rings. The number of ether oxygens (including phenoxy) is 2. The molecule has 0 atom stereocenters. The van der Waals surface area contributed by atoms with Gasteiger partial charge in [-0.3, -0.25) is 9.78 Å². The fraction of sp³-hybridized carbons (Fsp3) is 0.217. The minimum Gasteiger partial charge on any atom is -0.489 e. The van der Waals surface area contributed by atoms with Crippen molar-refractivity contribution in [2.24, 2.45) is 0 Å². The van der Waals surface area contributed by atoms with Crippen LogP contribution in [-0.4, -0.2) is 35.0 Å². The highest BCUT2D eigenvalue weighted by atomic mass is 16.5. The van der Waals surface area contributed by atoms with Crippen LogP contribution in [0.5, 0.6) is 17.2 Å². The standard InChI is InChI=1S/C23H22N2O3/c26-23(18-6-4-9-21(16-18)27-19-7-2-1-3-8-19)25-14-11-20(12-15-25)28-22-10-5-13-24-17-22/h1-10,13,16-17,20H,11-12,14-15H2. The number of piperidine rings is 1. The van der Waals surface area contributed by atoms with E-state index < -0.39 is 0 Å². The first-order valence-electron chi connectivity index (χ1n) is 9.47. The monoisotopic (exact) mass is 374 g/mol. The van der Waals surface area contributed by atoms with Crippen LogP contribution in [0.15, 0.2) is 79.1 Å². The lowest BCUT2D eigenvalue weighted by molar-refractivity contribution is 0.0594. The van der Waals surface area contributed by atoms with Crippen molar-refractivity contribution in [3.63, 3.8) is 0 Å². The van der Waals surface area contributed by atoms with Crippen molar-refractivity contribution < 1.29 is 14.3 Å². The maximum absolute atomic E-state index is 12.9. The van der Waals surface area contributed by atoms with E-state index in [9.17, 15) is 4.79 Å². The molecule has 1 saturated heterocycles. The topological polar surface area (TPSA) is 51.7 Å². The van der Waals surface area contributed by atoms with Gasteiger partial charge in [0, 0.05) is 37.7 Å². The van der Waals surface area contributed by atoms with Crippen molar-refractivity contribution >= 4 is 5.91 Å². The zero-order chi connectivity index (χ0) is 19.2. The Bertz CT molecular complexity index is 907. The van der Waals surface area contributed by atoms with E-state index >= 15 is 0 Å². The van der Waals surface area contributed by atoms with E-state index in [1.807, 2.05) is 65.6 Å². The SMILES string of the molecule is O=C(c1cccc(Oc2ccccc2)c1)N1CCC(Oc2cccnc2)CC1. The van der Waals surface area contributed by atoms with Gasteiger partial charge in [-0.2, -0.15) is 0 Å². The largest absolute Gasteiger partial charge is 0.489 e. The molecule has 0 unspecified atom stereocenters. The zero-order valence-electron chi connectivity index (χ0n) is 15.5. The average molecular weight is 374 g/mol. The number of nitrogens with zero attached hydrogens (tertiary/aromatic N) is 2. The zero-order valence-corrected chi connectivity index (χ0v) is 15.5. The summed E-state index contributed by atoms with van der Waals surface area (Å²) in [5.74, 6) is 2.21. The van der Waals surface area contributed by atoms with E-state index in [-0.39, 0.29) is 12.0 Å². The van der Waals surface area contributed by atoms with Gasteiger partial charge in [0.1, 0.15) is 23.4 Å². The highest BCUT2D eigenvalue weighted by Gasteiger charge is 2.25. The summed E-state index contributed by atoms with van der Waals surface area (Å²) in [5.41, 5.74) is 0.639. The number of pyridine rings is 1. The number of carbonyl (C=O) groups is 1. The summed E-state index contributed by atoms with van der Waals surface area (Å²) in [5, 5.41) is 0. The third kappa shape index (κ3) is 4.49. The van der Waals surface area contributed by atoms with Gasteiger partial charge >= 0.3 is 0 Å². The molecule has 28 heavy (non-hydrogen) atoms. The molecule has 5 nitrogen and oxygen atoms in total. The van der Waals surface area contributed by atoms with Crippen molar-refractivity contribution in [3.05, 3.63) is 84.7 Å². The predicted molar refractivity (Wildman–Crippen MR) is 107 cm³/mol. The maximum Gasteiger partial charge on any atom is 0.253 e. The second kappa shape index (κ2) is 8.57. The Morgan fingerprint density at radius 2 is 1.64 bits per heavy atom. The summed E-state index contributed by atoms with van der Waals surface area (Å²) in [6, 6.07) is 20.7. The summed E-state index contributed by atoms with van der Waals surface area (Å²) in [7, 11) is 0. The molecule has 1 amide bonds. The minimum absolute atomic E-state index is 0.0262. The van der Waals surface area contributed by atoms with E-state index in [2.05, 4.69) is 4.98 Å². The highest BCUT2D eigenvalue weighted by Crippen LogP contribution is 2.24. The van der Waals surface area contributed by atoms with Gasteiger partial charge in [0.2, 0.25) is 0 Å². The molecule has 0 N–H and O–H groups in total. The number of hydrogen-bond donors (Lipinski definition) is 0. The molecule has 142 valence electrons. The van der Waals surface area contributed by atoms with E-state index in [1.165, 1.54) is 0 Å². The number of carbonyl (C=O) groups excluding carboxylic acids is 1. The van der Waals surface area contributed by atoms with Gasteiger partial charge in [-0.05, 0) is 42.5 Å². The van der Waals surface area contributed by atoms with Crippen LogP contribution in [0, 0.1) is 0 Å². The summed E-state index contributed by atoms with van der Waals surface area (Å²) in [6.07, 6.45) is 5.17. The number of amides is 1. The Balaban J connectivity index is 1.35. The van der Waals surface area contributed by atoms with Gasteiger partial charge in [0.15, 0.2) is 0 Å². The summed E-state index contributed by atoms with van der Waals surface area (Å²) in [4.78, 5) is 18.8. The first-order chi connectivity index (χ1) is 13.8. The second-order valence-electron chi connectivity index (χ2n) is 6.74. The molecular formula is C23H22N2O3. The van der Waals surface area contributed by atoms with Crippen molar-refractivity contribution in [2.45, 2.75) is 18.9 Å². The highest BCUT2D eigenvalue weighted by molar-refractivity contribution is 5.94. The van der Waals surface area contributed by atoms with Crippen LogP contribution < -0.4 is 9.47 Å². The number of rotatable bonds is 5. The Kier molecular flexibility index (Phi) is 5.52. The van der Waals surface area contributed by atoms with Crippen LogP contribution in [0.2, 0.25) is 0 Å². The Morgan fingerprint density at radius 3 is 2.39 bits per heavy atom. The molecule has 3 aromatic rings. The number of para-hydroxylation sites is 1. The molecule has 1 aliphatic heterocycles. The fourth-order valence-electron chi connectivity index (χ4n) is 3.29. The number of hydrogen-bond acceptors (Lipinski definition) is 4. The van der Waals surface area contributed by atoms with Crippen LogP contribution >= 0.6 is 0 Å². The molecule has 4 rings (SSSR count). The van der Waals surface area contributed by atoms with Gasteiger partial charge in [-0.15, -0.1) is 0 Å². The van der Waals surface area contributed by atoms with Crippen LogP contribution in [0.3, 0.4) is 0 Å². The lowest BCUT2D eigenvalue weighted by atomic mass is 10.1. The molecule has 2 aromatic carbocycles. The molecule has 1 aromatic heterocycles. The third-order valence-electron chi connectivity index (χ3n) is 4.73. The van der Waals surface area contributed by atoms with E-state index in [0.29, 0.717) is 24.4 Å². The van der Waals surface area contributed by atoms with Gasteiger partial charge in [-0.25, -0.2) is 0 Å². The molecule has 0 saturated carbocycles. The maximum atomic E-state index is 12.9. The molecule has 0 aliphatic carbocycles. The molecule has 0 spiro atoms. The van der Waals surface area contributed by atoms with Gasteiger partial charge in [0.25, 0.3) is 5.91 Å². The first-order valence-corrected chi connectivity index (χ1v) is 9.47. The number of likely N-dealkylation sites (tertiary alicyclic amines) is 1. The second-order valence-corrected chi connectivity index (χ2v) is 6.74. The quantitative estimate of drug-likeness (QED) is 0.657. The van der Waals surface area contributed by atoms with Crippen molar-refractivity contribution in [3.8, 4) is 17.2 Å². The molecule has 1 aliphatic rings. The first kappa shape index (κ1) is 18.0. The van der Waals surface area contributed by atoms with E-state index in [4.69, 9.17) is 9.47 Å². The third-order valence-corrected chi connectivity index (χ3v) is 4.73. The lowest BCUT2D eigenvalue weighted by Crippen LogP contribution is -2.41. The number of benzene rings is 2. The van der Waals surface area contributed by atoms with Crippen LogP contribution in [0.25, 0.3) is 0 Å². The number of aromatic nitrogens is 1. The van der Waals surface area contributed by atoms with Crippen LogP contribution in [-0.2, 0) is 0 Å². The molecule has 0 bridgehead atoms. The average Bonchev–Trinajstić information content (AvgIpc) is 2.75. The lowest BCUT2D eigenvalue weighted by Gasteiger charge is -2.32. The summed E-state index contributed by atoms with van der Waals surface area (Å²) < 4.78 is 11.8. The molecule has 5 heteroatoms. The van der Waals surface area contributed by atoms with Gasteiger partial charge in [0.05, 0.1) is 6.20 Å².